The van der Waals surface area contributed by atoms with Crippen LogP contribution in [0, 0.1) is 5.82 Å². The minimum atomic E-state index is -0.293. The Morgan fingerprint density at radius 3 is 2.85 bits per heavy atom. The van der Waals surface area contributed by atoms with Crippen LogP contribution in [0.4, 0.5) is 4.39 Å². The molecule has 0 fully saturated rings. The van der Waals surface area contributed by atoms with E-state index in [4.69, 9.17) is 4.74 Å². The molecule has 108 valence electrons. The number of rotatable bonds is 7. The molecule has 0 amide bonds. The minimum Gasteiger partial charge on any atom is -0.490 e. The first kappa shape index (κ1) is 15.0. The van der Waals surface area contributed by atoms with Gasteiger partial charge in [0.15, 0.2) is 11.6 Å². The van der Waals surface area contributed by atoms with Gasteiger partial charge in [-0.25, -0.2) is 4.39 Å². The molecule has 2 nitrogen and oxygen atoms in total. The van der Waals surface area contributed by atoms with Crippen LogP contribution in [-0.4, -0.2) is 13.2 Å². The maximum absolute atomic E-state index is 14.0. The highest BCUT2D eigenvalue weighted by Gasteiger charge is 2.14. The predicted octanol–water partition coefficient (Wildman–Crippen LogP) is 4.18. The lowest BCUT2D eigenvalue weighted by atomic mass is 10.1. The van der Waals surface area contributed by atoms with E-state index in [0.717, 1.165) is 18.5 Å². The molecule has 0 spiro atoms. The third kappa shape index (κ3) is 3.81. The highest BCUT2D eigenvalue weighted by atomic mass is 32.1. The molecule has 4 heteroatoms. The van der Waals surface area contributed by atoms with Gasteiger partial charge in [0, 0.05) is 22.9 Å². The van der Waals surface area contributed by atoms with Crippen LogP contribution in [0.25, 0.3) is 0 Å². The Balaban J connectivity index is 2.05. The molecule has 0 aliphatic rings. The van der Waals surface area contributed by atoms with Gasteiger partial charge in [-0.3, -0.25) is 0 Å². The summed E-state index contributed by atoms with van der Waals surface area (Å²) in [7, 11) is 0. The average molecular weight is 293 g/mol. The van der Waals surface area contributed by atoms with Crippen LogP contribution in [0.5, 0.6) is 5.75 Å². The number of ether oxygens (including phenoxy) is 1. The summed E-state index contributed by atoms with van der Waals surface area (Å²) in [4.78, 5) is 1.25. The molecule has 0 radical (unpaired) electrons. The number of hydrogen-bond acceptors (Lipinski definition) is 3. The number of halogens is 1. The summed E-state index contributed by atoms with van der Waals surface area (Å²) in [6.07, 6.45) is 0.807. The zero-order valence-corrected chi connectivity index (χ0v) is 12.7. The Morgan fingerprint density at radius 2 is 2.15 bits per heavy atom. The van der Waals surface area contributed by atoms with Gasteiger partial charge < -0.3 is 10.1 Å². The summed E-state index contributed by atoms with van der Waals surface area (Å²) < 4.78 is 19.7. The van der Waals surface area contributed by atoms with Crippen LogP contribution in [0.3, 0.4) is 0 Å². The van der Waals surface area contributed by atoms with Crippen molar-refractivity contribution in [2.75, 3.05) is 13.2 Å². The van der Waals surface area contributed by atoms with Crippen LogP contribution >= 0.6 is 11.3 Å². The van der Waals surface area contributed by atoms with Crippen molar-refractivity contribution in [1.29, 1.82) is 0 Å². The second kappa shape index (κ2) is 7.41. The molecule has 0 saturated carbocycles. The van der Waals surface area contributed by atoms with Crippen LogP contribution in [-0.2, 0) is 6.42 Å². The quantitative estimate of drug-likeness (QED) is 0.827. The molecular weight excluding hydrogens is 273 g/mol. The number of thiophene rings is 1. The maximum atomic E-state index is 14.0. The third-order valence-electron chi connectivity index (χ3n) is 3.15. The van der Waals surface area contributed by atoms with Crippen LogP contribution < -0.4 is 10.1 Å². The van der Waals surface area contributed by atoms with Crippen molar-refractivity contribution in [2.24, 2.45) is 0 Å². The van der Waals surface area contributed by atoms with Crippen LogP contribution in [0.2, 0.25) is 0 Å². The topological polar surface area (TPSA) is 21.3 Å². The maximum Gasteiger partial charge on any atom is 0.165 e. The Kier molecular flexibility index (Phi) is 5.56. The van der Waals surface area contributed by atoms with E-state index in [2.05, 4.69) is 11.4 Å². The van der Waals surface area contributed by atoms with E-state index in [-0.39, 0.29) is 11.9 Å². The van der Waals surface area contributed by atoms with Gasteiger partial charge in [0.2, 0.25) is 0 Å². The molecule has 1 heterocycles. The van der Waals surface area contributed by atoms with E-state index in [1.165, 1.54) is 10.9 Å². The van der Waals surface area contributed by atoms with E-state index < -0.39 is 0 Å². The Hall–Kier alpha value is -1.39. The van der Waals surface area contributed by atoms with E-state index in [1.807, 2.05) is 31.4 Å². The van der Waals surface area contributed by atoms with E-state index in [0.29, 0.717) is 12.4 Å². The highest BCUT2D eigenvalue weighted by Crippen LogP contribution is 2.28. The fourth-order valence-electron chi connectivity index (χ4n) is 2.14. The summed E-state index contributed by atoms with van der Waals surface area (Å²) in [5, 5.41) is 5.33. The lowest BCUT2D eigenvalue weighted by Gasteiger charge is -2.18. The van der Waals surface area contributed by atoms with Gasteiger partial charge in [-0.2, -0.15) is 0 Å². The second-order valence-electron chi connectivity index (χ2n) is 4.62. The fourth-order valence-corrected chi connectivity index (χ4v) is 2.83. The largest absolute Gasteiger partial charge is 0.490 e. The van der Waals surface area contributed by atoms with Crippen molar-refractivity contribution < 1.29 is 9.13 Å². The van der Waals surface area contributed by atoms with E-state index in [9.17, 15) is 4.39 Å². The molecule has 1 unspecified atom stereocenters. The van der Waals surface area contributed by atoms with Gasteiger partial charge >= 0.3 is 0 Å². The zero-order valence-electron chi connectivity index (χ0n) is 11.9. The normalized spacial score (nSPS) is 12.3. The SMILES string of the molecule is CCNC(C)c1cccc(F)c1OCCc1cccs1. The van der Waals surface area contributed by atoms with Crippen molar-refractivity contribution in [3.8, 4) is 5.75 Å². The lowest BCUT2D eigenvalue weighted by molar-refractivity contribution is 0.299. The smallest absolute Gasteiger partial charge is 0.165 e. The number of hydrogen-bond donors (Lipinski definition) is 1. The highest BCUT2D eigenvalue weighted by molar-refractivity contribution is 7.09. The monoisotopic (exact) mass is 293 g/mol. The third-order valence-corrected chi connectivity index (χ3v) is 4.09. The Bertz CT molecular complexity index is 527. The van der Waals surface area contributed by atoms with Gasteiger partial charge in [0.1, 0.15) is 0 Å². The van der Waals surface area contributed by atoms with E-state index >= 15 is 0 Å². The zero-order chi connectivity index (χ0) is 14.4. The summed E-state index contributed by atoms with van der Waals surface area (Å²) in [6, 6.07) is 9.25. The summed E-state index contributed by atoms with van der Waals surface area (Å²) >= 11 is 1.69. The molecule has 20 heavy (non-hydrogen) atoms. The molecule has 1 atom stereocenters. The van der Waals surface area contributed by atoms with Crippen molar-refractivity contribution >= 4 is 11.3 Å². The number of benzene rings is 1. The Morgan fingerprint density at radius 1 is 1.30 bits per heavy atom. The summed E-state index contributed by atoms with van der Waals surface area (Å²) in [5.74, 6) is 0.0796. The van der Waals surface area contributed by atoms with Crippen molar-refractivity contribution in [3.63, 3.8) is 0 Å². The van der Waals surface area contributed by atoms with Crippen molar-refractivity contribution in [2.45, 2.75) is 26.3 Å². The molecule has 1 aromatic carbocycles. The average Bonchev–Trinajstić information content (AvgIpc) is 2.94. The second-order valence-corrected chi connectivity index (χ2v) is 5.65. The molecule has 0 aliphatic carbocycles. The van der Waals surface area contributed by atoms with Crippen molar-refractivity contribution in [1.82, 2.24) is 5.32 Å². The molecule has 1 aromatic heterocycles. The molecule has 2 rings (SSSR count). The number of nitrogens with one attached hydrogen (secondary N) is 1. The van der Waals surface area contributed by atoms with Gasteiger partial charge in [-0.05, 0) is 31.0 Å². The first-order valence-electron chi connectivity index (χ1n) is 6.89. The minimum absolute atomic E-state index is 0.0763. The molecule has 2 aromatic rings. The first-order valence-corrected chi connectivity index (χ1v) is 7.77. The van der Waals surface area contributed by atoms with Crippen molar-refractivity contribution in [3.05, 3.63) is 52.0 Å². The predicted molar refractivity (Wildman–Crippen MR) is 82.0 cm³/mol. The summed E-state index contributed by atoms with van der Waals surface area (Å²) in [6.45, 7) is 5.39. The lowest BCUT2D eigenvalue weighted by Crippen LogP contribution is -2.19. The number of para-hydroxylation sites is 1. The van der Waals surface area contributed by atoms with E-state index in [1.54, 1.807) is 17.4 Å². The molecule has 0 bridgehead atoms. The molecule has 0 aliphatic heterocycles. The van der Waals surface area contributed by atoms with Gasteiger partial charge in [0.05, 0.1) is 6.61 Å². The van der Waals surface area contributed by atoms with Crippen LogP contribution in [0.15, 0.2) is 35.7 Å². The van der Waals surface area contributed by atoms with Gasteiger partial charge in [0.25, 0.3) is 0 Å². The first-order chi connectivity index (χ1) is 9.72. The molecule has 0 saturated heterocycles. The molecular formula is C16H20FNOS. The molecule has 1 N–H and O–H groups in total. The fraction of sp³-hybridized carbons (Fsp3) is 0.375. The standard InChI is InChI=1S/C16H20FNOS/c1-3-18-12(2)14-7-4-8-15(17)16(14)19-10-9-13-6-5-11-20-13/h4-8,11-12,18H,3,9-10H2,1-2H3. The Labute approximate surface area is 123 Å². The van der Waals surface area contributed by atoms with Gasteiger partial charge in [-0.15, -0.1) is 11.3 Å². The van der Waals surface area contributed by atoms with Gasteiger partial charge in [-0.1, -0.05) is 25.1 Å². The van der Waals surface area contributed by atoms with Crippen LogP contribution in [0.1, 0.15) is 30.3 Å². The summed E-state index contributed by atoms with van der Waals surface area (Å²) in [5.41, 5.74) is 0.873.